The van der Waals surface area contributed by atoms with Gasteiger partial charge in [0.1, 0.15) is 5.82 Å². The van der Waals surface area contributed by atoms with Crippen LogP contribution in [0, 0.1) is 5.82 Å². The number of hydrogen-bond acceptors (Lipinski definition) is 3. The summed E-state index contributed by atoms with van der Waals surface area (Å²) in [7, 11) is 1.67. The van der Waals surface area contributed by atoms with Gasteiger partial charge in [0.25, 0.3) is 5.56 Å². The van der Waals surface area contributed by atoms with Crippen molar-refractivity contribution < 1.29 is 27.5 Å². The molecule has 2 rings (SSSR count). The average molecular weight is 307 g/mol. The first-order chi connectivity index (χ1) is 9.62. The molecule has 0 unspecified atom stereocenters. The van der Waals surface area contributed by atoms with Crippen molar-refractivity contribution in [1.29, 1.82) is 0 Å². The lowest BCUT2D eigenvalue weighted by atomic mass is 10.1. The van der Waals surface area contributed by atoms with E-state index in [1.165, 1.54) is 16.9 Å². The number of nitrogens with one attached hydrogen (secondary N) is 1. The molecule has 2 N–H and O–H groups in total. The Bertz CT molecular complexity index is 691. The number of nitrogens with zero attached hydrogens (tertiary/aromatic N) is 2. The molecular formula is C11H9F4N3O3. The van der Waals surface area contributed by atoms with E-state index in [-0.39, 0.29) is 11.1 Å². The molecule has 0 amide bonds. The number of pyridine rings is 1. The molecule has 114 valence electrons. The number of H-pyrrole nitrogens is 1. The monoisotopic (exact) mass is 307 g/mol. The van der Waals surface area contributed by atoms with Crippen molar-refractivity contribution in [3.63, 3.8) is 0 Å². The van der Waals surface area contributed by atoms with Crippen LogP contribution in [0.1, 0.15) is 0 Å². The maximum atomic E-state index is 13.2. The third-order valence-corrected chi connectivity index (χ3v) is 2.15. The molecule has 0 aliphatic heterocycles. The zero-order chi connectivity index (χ0) is 16.2. The number of carbonyl (C=O) groups is 1. The van der Waals surface area contributed by atoms with Gasteiger partial charge in [-0.25, -0.2) is 9.18 Å². The Kier molecular flexibility index (Phi) is 4.84. The first-order valence-corrected chi connectivity index (χ1v) is 5.28. The van der Waals surface area contributed by atoms with Gasteiger partial charge in [-0.1, -0.05) is 0 Å². The van der Waals surface area contributed by atoms with Gasteiger partial charge in [0.05, 0.1) is 11.8 Å². The fourth-order valence-electron chi connectivity index (χ4n) is 1.29. The number of carboxylic acids is 1. The predicted molar refractivity (Wildman–Crippen MR) is 62.9 cm³/mol. The van der Waals surface area contributed by atoms with Crippen molar-refractivity contribution in [3.05, 3.63) is 40.8 Å². The van der Waals surface area contributed by atoms with E-state index in [0.717, 1.165) is 6.20 Å². The van der Waals surface area contributed by atoms with Gasteiger partial charge in [-0.15, -0.1) is 0 Å². The summed E-state index contributed by atoms with van der Waals surface area (Å²) in [5.74, 6) is -3.25. The van der Waals surface area contributed by atoms with Gasteiger partial charge in [-0.2, -0.15) is 13.2 Å². The SMILES string of the molecule is Cn1cc(-c2ccncc2F)c(=O)[nH]1.O=C(O)C(F)(F)F. The number of alkyl halides is 3. The number of aryl methyl sites for hydroxylation is 1. The van der Waals surface area contributed by atoms with E-state index in [9.17, 15) is 22.4 Å². The van der Waals surface area contributed by atoms with E-state index in [0.29, 0.717) is 5.56 Å². The number of rotatable bonds is 1. The van der Waals surface area contributed by atoms with Gasteiger partial charge in [0.15, 0.2) is 0 Å². The van der Waals surface area contributed by atoms with Crippen LogP contribution < -0.4 is 5.56 Å². The van der Waals surface area contributed by atoms with E-state index >= 15 is 0 Å². The summed E-state index contributed by atoms with van der Waals surface area (Å²) in [6.45, 7) is 0. The normalized spacial score (nSPS) is 10.7. The van der Waals surface area contributed by atoms with E-state index < -0.39 is 18.0 Å². The minimum Gasteiger partial charge on any atom is -0.475 e. The molecule has 0 atom stereocenters. The summed E-state index contributed by atoms with van der Waals surface area (Å²) in [5, 5.41) is 9.63. The Hall–Kier alpha value is -2.65. The van der Waals surface area contributed by atoms with Gasteiger partial charge >= 0.3 is 12.1 Å². The molecular weight excluding hydrogens is 298 g/mol. The fraction of sp³-hybridized carbons (Fsp3) is 0.182. The standard InChI is InChI=1S/C9H8FN3O.C2HF3O2/c1-13-5-7(9(14)12-13)6-2-3-11-4-8(6)10;3-2(4,5)1(6)7/h2-5H,1H3,(H,12,14);(H,6,7). The second-order valence-corrected chi connectivity index (χ2v) is 3.75. The predicted octanol–water partition coefficient (Wildman–Crippen LogP) is 1.55. The lowest BCUT2D eigenvalue weighted by Crippen LogP contribution is -2.21. The largest absolute Gasteiger partial charge is 0.490 e. The average Bonchev–Trinajstić information content (AvgIpc) is 2.68. The summed E-state index contributed by atoms with van der Waals surface area (Å²) in [4.78, 5) is 23.8. The molecule has 0 saturated heterocycles. The Morgan fingerprint density at radius 1 is 1.38 bits per heavy atom. The number of aromatic amines is 1. The Labute approximate surface area is 114 Å². The van der Waals surface area contributed by atoms with E-state index in [2.05, 4.69) is 10.1 Å². The molecule has 0 spiro atoms. The molecule has 0 aliphatic carbocycles. The second-order valence-electron chi connectivity index (χ2n) is 3.75. The summed E-state index contributed by atoms with van der Waals surface area (Å²) < 4.78 is 46.5. The van der Waals surface area contributed by atoms with Crippen molar-refractivity contribution in [1.82, 2.24) is 14.8 Å². The molecule has 0 radical (unpaired) electrons. The summed E-state index contributed by atoms with van der Waals surface area (Å²) >= 11 is 0. The molecule has 10 heteroatoms. The lowest BCUT2D eigenvalue weighted by Gasteiger charge is -1.95. The Morgan fingerprint density at radius 2 is 1.95 bits per heavy atom. The topological polar surface area (TPSA) is 88.0 Å². The minimum absolute atomic E-state index is 0.266. The quantitative estimate of drug-likeness (QED) is 0.782. The van der Waals surface area contributed by atoms with E-state index in [1.807, 2.05) is 0 Å². The van der Waals surface area contributed by atoms with Crippen LogP contribution in [0.25, 0.3) is 11.1 Å². The number of aromatic nitrogens is 3. The molecule has 2 heterocycles. The highest BCUT2D eigenvalue weighted by molar-refractivity contribution is 5.73. The van der Waals surface area contributed by atoms with Crippen LogP contribution in [0.5, 0.6) is 0 Å². The summed E-state index contributed by atoms with van der Waals surface area (Å²) in [6, 6.07) is 1.47. The van der Waals surface area contributed by atoms with Crippen LogP contribution in [-0.2, 0) is 11.8 Å². The van der Waals surface area contributed by atoms with Crippen LogP contribution in [-0.4, -0.2) is 32.0 Å². The van der Waals surface area contributed by atoms with Gasteiger partial charge < -0.3 is 5.11 Å². The maximum Gasteiger partial charge on any atom is 0.490 e. The minimum atomic E-state index is -5.08. The van der Waals surface area contributed by atoms with Crippen LogP contribution in [0.2, 0.25) is 0 Å². The molecule has 0 aliphatic rings. The van der Waals surface area contributed by atoms with E-state index in [1.54, 1.807) is 13.2 Å². The first kappa shape index (κ1) is 16.4. The van der Waals surface area contributed by atoms with Gasteiger partial charge in [0.2, 0.25) is 0 Å². The van der Waals surface area contributed by atoms with Gasteiger partial charge in [0, 0.05) is 25.0 Å². The Balaban J connectivity index is 0.000000270. The highest BCUT2D eigenvalue weighted by atomic mass is 19.4. The van der Waals surface area contributed by atoms with Crippen LogP contribution in [0.4, 0.5) is 17.6 Å². The molecule has 0 saturated carbocycles. The molecule has 21 heavy (non-hydrogen) atoms. The second kappa shape index (κ2) is 6.20. The van der Waals surface area contributed by atoms with Crippen molar-refractivity contribution >= 4 is 5.97 Å². The lowest BCUT2D eigenvalue weighted by molar-refractivity contribution is -0.192. The fourth-order valence-corrected chi connectivity index (χ4v) is 1.29. The zero-order valence-electron chi connectivity index (χ0n) is 10.5. The van der Waals surface area contributed by atoms with E-state index in [4.69, 9.17) is 9.90 Å². The van der Waals surface area contributed by atoms with Crippen LogP contribution in [0.15, 0.2) is 29.5 Å². The third-order valence-electron chi connectivity index (χ3n) is 2.15. The smallest absolute Gasteiger partial charge is 0.475 e. The molecule has 0 bridgehead atoms. The van der Waals surface area contributed by atoms with Crippen molar-refractivity contribution in [2.45, 2.75) is 6.18 Å². The van der Waals surface area contributed by atoms with Crippen molar-refractivity contribution in [3.8, 4) is 11.1 Å². The van der Waals surface area contributed by atoms with Crippen molar-refractivity contribution in [2.75, 3.05) is 0 Å². The number of halogens is 4. The molecule has 0 fully saturated rings. The number of carboxylic acid groups (broad SMARTS) is 1. The van der Waals surface area contributed by atoms with Crippen molar-refractivity contribution in [2.24, 2.45) is 7.05 Å². The highest BCUT2D eigenvalue weighted by Gasteiger charge is 2.38. The maximum absolute atomic E-state index is 13.2. The number of aliphatic carboxylic acids is 1. The molecule has 2 aromatic heterocycles. The van der Waals surface area contributed by atoms with Crippen LogP contribution >= 0.6 is 0 Å². The summed E-state index contributed by atoms with van der Waals surface area (Å²) in [6.07, 6.45) is -1.01. The van der Waals surface area contributed by atoms with Gasteiger partial charge in [-0.3, -0.25) is 19.6 Å². The first-order valence-electron chi connectivity index (χ1n) is 5.28. The molecule has 6 nitrogen and oxygen atoms in total. The third kappa shape index (κ3) is 4.44. The molecule has 0 aromatic carbocycles. The van der Waals surface area contributed by atoms with Gasteiger partial charge in [-0.05, 0) is 6.07 Å². The molecule has 2 aromatic rings. The van der Waals surface area contributed by atoms with Crippen LogP contribution in [0.3, 0.4) is 0 Å². The highest BCUT2D eigenvalue weighted by Crippen LogP contribution is 2.17. The number of hydrogen-bond donors (Lipinski definition) is 2. The summed E-state index contributed by atoms with van der Waals surface area (Å²) in [5.41, 5.74) is 0.270. The Morgan fingerprint density at radius 3 is 2.33 bits per heavy atom. The zero-order valence-corrected chi connectivity index (χ0v) is 10.5.